The molecule has 0 aromatic heterocycles. The van der Waals surface area contributed by atoms with Crippen LogP contribution in [-0.2, 0) is 4.79 Å². The van der Waals surface area contributed by atoms with Gasteiger partial charge in [0.25, 0.3) is 0 Å². The molecule has 0 rings (SSSR count). The molecular formula is C6H13Cl2NO. The minimum Gasteiger partial charge on any atom is -1.00 e. The molecular weight excluding hydrogens is 173 g/mol. The first-order chi connectivity index (χ1) is 3.95. The number of hydrogen-bond acceptors (Lipinski definition) is 1. The number of halogens is 2. The lowest BCUT2D eigenvalue weighted by atomic mass is 10.4. The fourth-order valence-electron chi connectivity index (χ4n) is 0.571. The van der Waals surface area contributed by atoms with Crippen molar-refractivity contribution in [3.8, 4) is 0 Å². The third kappa shape index (κ3) is 8.21. The van der Waals surface area contributed by atoms with E-state index in [1.165, 1.54) is 0 Å². The SMILES string of the molecule is C[N+](C)(C)CC(=O)CCl.[Cl-]. The minimum absolute atomic E-state index is 0. The van der Waals surface area contributed by atoms with Crippen LogP contribution in [0.1, 0.15) is 0 Å². The molecule has 0 aromatic carbocycles. The Hall–Kier alpha value is 0.210. The number of carbonyl (C=O) groups is 1. The van der Waals surface area contributed by atoms with E-state index in [0.717, 1.165) is 0 Å². The number of nitrogens with zero attached hydrogens (tertiary/aromatic N) is 1. The topological polar surface area (TPSA) is 17.1 Å². The van der Waals surface area contributed by atoms with Crippen LogP contribution in [0, 0.1) is 0 Å². The number of hydrogen-bond donors (Lipinski definition) is 0. The van der Waals surface area contributed by atoms with Gasteiger partial charge in [0, 0.05) is 0 Å². The van der Waals surface area contributed by atoms with Crippen LogP contribution >= 0.6 is 11.6 Å². The molecule has 0 amide bonds. The van der Waals surface area contributed by atoms with Crippen LogP contribution in [0.25, 0.3) is 0 Å². The van der Waals surface area contributed by atoms with Crippen LogP contribution in [0.5, 0.6) is 0 Å². The van der Waals surface area contributed by atoms with Crippen molar-refractivity contribution < 1.29 is 21.7 Å². The van der Waals surface area contributed by atoms with Gasteiger partial charge in [-0.05, 0) is 0 Å². The predicted molar refractivity (Wildman–Crippen MR) is 38.6 cm³/mol. The monoisotopic (exact) mass is 185 g/mol. The normalized spacial score (nSPS) is 10.4. The zero-order valence-corrected chi connectivity index (χ0v) is 8.04. The van der Waals surface area contributed by atoms with Crippen molar-refractivity contribution >= 4 is 17.4 Å². The molecule has 0 spiro atoms. The Kier molecular flexibility index (Phi) is 6.35. The number of likely N-dealkylation sites (N-methyl/N-ethyl adjacent to an activating group) is 1. The lowest BCUT2D eigenvalue weighted by molar-refractivity contribution is -0.861. The van der Waals surface area contributed by atoms with Gasteiger partial charge in [-0.3, -0.25) is 4.79 Å². The molecule has 0 radical (unpaired) electrons. The van der Waals surface area contributed by atoms with E-state index in [9.17, 15) is 4.79 Å². The van der Waals surface area contributed by atoms with E-state index in [-0.39, 0.29) is 24.1 Å². The summed E-state index contributed by atoms with van der Waals surface area (Å²) in [5, 5.41) is 0. The molecule has 0 aliphatic carbocycles. The van der Waals surface area contributed by atoms with Gasteiger partial charge in [0.1, 0.15) is 6.54 Å². The molecule has 0 aromatic rings. The Bertz CT molecular complexity index is 109. The molecule has 0 unspecified atom stereocenters. The maximum atomic E-state index is 10.7. The highest BCUT2D eigenvalue weighted by atomic mass is 35.5. The zero-order chi connectivity index (χ0) is 7.49. The van der Waals surface area contributed by atoms with Crippen molar-refractivity contribution in [2.75, 3.05) is 33.6 Å². The van der Waals surface area contributed by atoms with E-state index in [0.29, 0.717) is 11.0 Å². The summed E-state index contributed by atoms with van der Waals surface area (Å²) in [6.45, 7) is 0.517. The Morgan fingerprint density at radius 2 is 1.80 bits per heavy atom. The second-order valence-corrected chi connectivity index (χ2v) is 3.39. The maximum absolute atomic E-state index is 10.7. The second-order valence-electron chi connectivity index (χ2n) is 3.12. The molecule has 0 N–H and O–H groups in total. The summed E-state index contributed by atoms with van der Waals surface area (Å²) < 4.78 is 0.658. The van der Waals surface area contributed by atoms with Gasteiger partial charge >= 0.3 is 0 Å². The smallest absolute Gasteiger partial charge is 0.201 e. The van der Waals surface area contributed by atoms with Crippen molar-refractivity contribution in [2.45, 2.75) is 0 Å². The van der Waals surface area contributed by atoms with Crippen molar-refractivity contribution in [2.24, 2.45) is 0 Å². The summed E-state index contributed by atoms with van der Waals surface area (Å²) in [6, 6.07) is 0. The Labute approximate surface area is 73.2 Å². The van der Waals surface area contributed by atoms with E-state index in [1.54, 1.807) is 0 Å². The highest BCUT2D eigenvalue weighted by Gasteiger charge is 2.12. The first-order valence-electron chi connectivity index (χ1n) is 2.84. The average Bonchev–Trinajstić information content (AvgIpc) is 1.62. The van der Waals surface area contributed by atoms with Gasteiger partial charge in [-0.1, -0.05) is 0 Å². The first-order valence-corrected chi connectivity index (χ1v) is 3.37. The van der Waals surface area contributed by atoms with Gasteiger partial charge < -0.3 is 16.9 Å². The molecule has 0 heterocycles. The van der Waals surface area contributed by atoms with Gasteiger partial charge in [-0.2, -0.15) is 0 Å². The molecule has 62 valence electrons. The van der Waals surface area contributed by atoms with Crippen LogP contribution in [-0.4, -0.2) is 43.8 Å². The van der Waals surface area contributed by atoms with E-state index < -0.39 is 0 Å². The molecule has 4 heteroatoms. The van der Waals surface area contributed by atoms with Crippen molar-refractivity contribution in [3.05, 3.63) is 0 Å². The molecule has 0 aliphatic rings. The van der Waals surface area contributed by atoms with E-state index in [1.807, 2.05) is 21.1 Å². The van der Waals surface area contributed by atoms with Crippen molar-refractivity contribution in [3.63, 3.8) is 0 Å². The second kappa shape index (κ2) is 4.94. The van der Waals surface area contributed by atoms with Gasteiger partial charge in [0.2, 0.25) is 5.78 Å². The Morgan fingerprint density at radius 3 is 1.90 bits per heavy atom. The van der Waals surface area contributed by atoms with Gasteiger partial charge in [-0.15, -0.1) is 11.6 Å². The number of rotatable bonds is 3. The molecule has 0 bridgehead atoms. The number of Topliss-reactive ketones (excluding diaryl/α,β-unsaturated/α-hetero) is 1. The number of alkyl halides is 1. The largest absolute Gasteiger partial charge is 1.00 e. The summed E-state index contributed by atoms with van der Waals surface area (Å²) in [5.41, 5.74) is 0. The van der Waals surface area contributed by atoms with Gasteiger partial charge in [-0.25, -0.2) is 0 Å². The number of ketones is 1. The molecule has 0 atom stereocenters. The van der Waals surface area contributed by atoms with Gasteiger partial charge in [0.05, 0.1) is 27.0 Å². The van der Waals surface area contributed by atoms with Crippen LogP contribution in [0.4, 0.5) is 0 Å². The Morgan fingerprint density at radius 1 is 1.40 bits per heavy atom. The van der Waals surface area contributed by atoms with Crippen LogP contribution in [0.3, 0.4) is 0 Å². The molecule has 0 fully saturated rings. The molecule has 0 saturated carbocycles. The van der Waals surface area contributed by atoms with E-state index >= 15 is 0 Å². The first kappa shape index (κ1) is 12.8. The summed E-state index contributed by atoms with van der Waals surface area (Å²) in [4.78, 5) is 10.7. The quantitative estimate of drug-likeness (QED) is 0.352. The fourth-order valence-corrected chi connectivity index (χ4v) is 0.656. The molecule has 0 aliphatic heterocycles. The summed E-state index contributed by atoms with van der Waals surface area (Å²) in [6.07, 6.45) is 0. The minimum atomic E-state index is 0. The Balaban J connectivity index is 0. The summed E-state index contributed by atoms with van der Waals surface area (Å²) in [5.74, 6) is 0.236. The van der Waals surface area contributed by atoms with Crippen molar-refractivity contribution in [1.29, 1.82) is 0 Å². The molecule has 10 heavy (non-hydrogen) atoms. The number of quaternary nitrogens is 1. The van der Waals surface area contributed by atoms with Crippen LogP contribution in [0.2, 0.25) is 0 Å². The summed E-state index contributed by atoms with van der Waals surface area (Å²) >= 11 is 5.30. The lowest BCUT2D eigenvalue weighted by Gasteiger charge is -2.21. The third-order valence-corrected chi connectivity index (χ3v) is 1.10. The summed E-state index contributed by atoms with van der Waals surface area (Å²) in [7, 11) is 5.89. The highest BCUT2D eigenvalue weighted by Crippen LogP contribution is 1.90. The highest BCUT2D eigenvalue weighted by molar-refractivity contribution is 6.27. The number of carbonyl (C=O) groups excluding carboxylic acids is 1. The standard InChI is InChI=1S/C6H13ClNO.ClH/c1-8(2,3)5-6(9)4-7;/h4-5H2,1-3H3;1H/q+1;/p-1. The molecule has 0 saturated heterocycles. The molecule has 2 nitrogen and oxygen atoms in total. The predicted octanol–water partition coefficient (Wildman–Crippen LogP) is -2.50. The van der Waals surface area contributed by atoms with Crippen molar-refractivity contribution in [1.82, 2.24) is 0 Å². The van der Waals surface area contributed by atoms with Crippen LogP contribution in [0.15, 0.2) is 0 Å². The maximum Gasteiger partial charge on any atom is 0.201 e. The average molecular weight is 186 g/mol. The third-order valence-electron chi connectivity index (χ3n) is 0.800. The fraction of sp³-hybridized carbons (Fsp3) is 0.833. The van der Waals surface area contributed by atoms with Crippen LogP contribution < -0.4 is 12.4 Å². The van der Waals surface area contributed by atoms with Gasteiger partial charge in [0.15, 0.2) is 0 Å². The van der Waals surface area contributed by atoms with E-state index in [2.05, 4.69) is 0 Å². The lowest BCUT2D eigenvalue weighted by Crippen LogP contribution is -3.00. The zero-order valence-electron chi connectivity index (χ0n) is 6.53. The van der Waals surface area contributed by atoms with E-state index in [4.69, 9.17) is 11.6 Å².